The molecule has 0 radical (unpaired) electrons. The third-order valence-corrected chi connectivity index (χ3v) is 8.97. The van der Waals surface area contributed by atoms with Gasteiger partial charge in [-0.15, -0.1) is 0 Å². The van der Waals surface area contributed by atoms with Crippen molar-refractivity contribution >= 4 is 44.0 Å². The zero-order valence-corrected chi connectivity index (χ0v) is 21.7. The summed E-state index contributed by atoms with van der Waals surface area (Å²) in [6.45, 7) is 4.32. The minimum atomic E-state index is -3.95. The molecule has 2 fully saturated rings. The van der Waals surface area contributed by atoms with E-state index in [1.165, 1.54) is 23.5 Å². The highest BCUT2D eigenvalue weighted by Gasteiger charge is 2.37. The van der Waals surface area contributed by atoms with E-state index in [0.717, 1.165) is 42.3 Å². The number of carbonyl (C=O) groups excluding carboxylic acids is 1. The maximum absolute atomic E-state index is 15.1. The molecule has 1 N–H and O–H groups in total. The van der Waals surface area contributed by atoms with Crippen LogP contribution in [0, 0.1) is 5.82 Å². The molecule has 0 aromatic heterocycles. The molecule has 2 atom stereocenters. The van der Waals surface area contributed by atoms with Gasteiger partial charge < -0.3 is 4.90 Å². The average Bonchev–Trinajstić information content (AvgIpc) is 3.22. The number of nitrogens with one attached hydrogen (secondary N) is 1. The van der Waals surface area contributed by atoms with Crippen LogP contribution in [0.25, 0.3) is 10.8 Å². The van der Waals surface area contributed by atoms with Gasteiger partial charge in [-0.05, 0) is 92.0 Å². The lowest BCUT2D eigenvalue weighted by molar-refractivity contribution is -0.118. The number of piperidine rings is 1. The number of carbonyl (C=O) groups is 1. The van der Waals surface area contributed by atoms with Gasteiger partial charge in [-0.2, -0.15) is 4.72 Å². The fourth-order valence-corrected chi connectivity index (χ4v) is 6.60. The zero-order valence-electron chi connectivity index (χ0n) is 20.1. The van der Waals surface area contributed by atoms with Gasteiger partial charge in [0.2, 0.25) is 15.9 Å². The molecule has 5 rings (SSSR count). The standard InChI is InChI=1S/C27H29ClFN3O3S/c1-18(31-12-3-2-4-13-31)19-7-10-26(24(29)17-19)32-14-11-25(27(32)33)30-36(34,35)23-9-6-20-15-22(28)8-5-21(20)16-23/h5-10,15-18,25,30H,2-4,11-14H2,1H3/t18?,25-/m0/s1. The zero-order chi connectivity index (χ0) is 25.4. The molecule has 9 heteroatoms. The van der Waals surface area contributed by atoms with Gasteiger partial charge in [0.1, 0.15) is 11.9 Å². The first-order valence-electron chi connectivity index (χ1n) is 12.3. The molecule has 0 saturated carbocycles. The van der Waals surface area contributed by atoms with E-state index in [9.17, 15) is 13.2 Å². The number of sulfonamides is 1. The minimum Gasteiger partial charge on any atom is -0.308 e. The summed E-state index contributed by atoms with van der Waals surface area (Å²) < 4.78 is 43.7. The van der Waals surface area contributed by atoms with Crippen molar-refractivity contribution in [1.29, 1.82) is 0 Å². The molecule has 2 saturated heterocycles. The second-order valence-corrected chi connectivity index (χ2v) is 11.7. The second kappa shape index (κ2) is 10.1. The molecule has 2 heterocycles. The van der Waals surface area contributed by atoms with E-state index in [1.807, 2.05) is 6.07 Å². The molecule has 6 nitrogen and oxygen atoms in total. The molecular formula is C27H29ClFN3O3S. The lowest BCUT2D eigenvalue weighted by Crippen LogP contribution is -2.41. The number of halogens is 2. The Balaban J connectivity index is 1.30. The highest BCUT2D eigenvalue weighted by atomic mass is 35.5. The number of benzene rings is 3. The number of hydrogen-bond donors (Lipinski definition) is 1. The average molecular weight is 530 g/mol. The van der Waals surface area contributed by atoms with Gasteiger partial charge in [0.05, 0.1) is 10.6 Å². The summed E-state index contributed by atoms with van der Waals surface area (Å²) in [6, 6.07) is 14.1. The molecule has 36 heavy (non-hydrogen) atoms. The van der Waals surface area contributed by atoms with E-state index in [2.05, 4.69) is 16.5 Å². The van der Waals surface area contributed by atoms with Crippen molar-refractivity contribution in [3.05, 3.63) is 71.0 Å². The Morgan fingerprint density at radius 1 is 0.972 bits per heavy atom. The molecule has 3 aromatic rings. The Bertz CT molecular complexity index is 1410. The Morgan fingerprint density at radius 2 is 1.69 bits per heavy atom. The first-order valence-corrected chi connectivity index (χ1v) is 14.2. The van der Waals surface area contributed by atoms with Crippen molar-refractivity contribution in [3.8, 4) is 0 Å². The van der Waals surface area contributed by atoms with Gasteiger partial charge in [0.25, 0.3) is 0 Å². The number of nitrogens with zero attached hydrogens (tertiary/aromatic N) is 2. The monoisotopic (exact) mass is 529 g/mol. The topological polar surface area (TPSA) is 69.7 Å². The quantitative estimate of drug-likeness (QED) is 0.473. The van der Waals surface area contributed by atoms with Crippen LogP contribution in [-0.2, 0) is 14.8 Å². The van der Waals surface area contributed by atoms with Crippen molar-refractivity contribution in [3.63, 3.8) is 0 Å². The molecule has 190 valence electrons. The first-order chi connectivity index (χ1) is 17.2. The van der Waals surface area contributed by atoms with Crippen LogP contribution in [0.4, 0.5) is 10.1 Å². The molecule has 0 bridgehead atoms. The van der Waals surface area contributed by atoms with Crippen LogP contribution in [0.3, 0.4) is 0 Å². The molecule has 2 aliphatic rings. The Labute approximate surface area is 216 Å². The predicted molar refractivity (Wildman–Crippen MR) is 140 cm³/mol. The van der Waals surface area contributed by atoms with Crippen LogP contribution < -0.4 is 9.62 Å². The summed E-state index contributed by atoms with van der Waals surface area (Å²) in [6.07, 6.45) is 3.79. The van der Waals surface area contributed by atoms with Crippen LogP contribution in [-0.4, -0.2) is 44.9 Å². The molecule has 2 aliphatic heterocycles. The first kappa shape index (κ1) is 25.1. The van der Waals surface area contributed by atoms with Gasteiger partial charge in [0.15, 0.2) is 0 Å². The number of hydrogen-bond acceptors (Lipinski definition) is 4. The van der Waals surface area contributed by atoms with E-state index in [1.54, 1.807) is 36.4 Å². The van der Waals surface area contributed by atoms with Gasteiger partial charge in [-0.3, -0.25) is 9.69 Å². The number of fused-ring (bicyclic) bond motifs is 1. The maximum Gasteiger partial charge on any atom is 0.245 e. The predicted octanol–water partition coefficient (Wildman–Crippen LogP) is 5.26. The van der Waals surface area contributed by atoms with Crippen molar-refractivity contribution in [2.75, 3.05) is 24.5 Å². The van der Waals surface area contributed by atoms with Crippen molar-refractivity contribution < 1.29 is 17.6 Å². The van der Waals surface area contributed by atoms with Crippen molar-refractivity contribution in [2.24, 2.45) is 0 Å². The Kier molecular flexibility index (Phi) is 7.05. The van der Waals surface area contributed by atoms with Crippen LogP contribution in [0.2, 0.25) is 5.02 Å². The number of anilines is 1. The van der Waals surface area contributed by atoms with Crippen LogP contribution >= 0.6 is 11.6 Å². The van der Waals surface area contributed by atoms with E-state index in [4.69, 9.17) is 11.6 Å². The maximum atomic E-state index is 15.1. The molecular weight excluding hydrogens is 501 g/mol. The van der Waals surface area contributed by atoms with Crippen LogP contribution in [0.15, 0.2) is 59.5 Å². The highest BCUT2D eigenvalue weighted by molar-refractivity contribution is 7.89. The van der Waals surface area contributed by atoms with Crippen molar-refractivity contribution in [2.45, 2.75) is 49.6 Å². The summed E-state index contributed by atoms with van der Waals surface area (Å²) in [5.74, 6) is -0.928. The molecule has 0 aliphatic carbocycles. The fraction of sp³-hybridized carbons (Fsp3) is 0.370. The fourth-order valence-electron chi connectivity index (χ4n) is 5.16. The van der Waals surface area contributed by atoms with Crippen LogP contribution in [0.1, 0.15) is 44.2 Å². The third-order valence-electron chi connectivity index (χ3n) is 7.27. The smallest absolute Gasteiger partial charge is 0.245 e. The molecule has 3 aromatic carbocycles. The van der Waals surface area contributed by atoms with Crippen molar-refractivity contribution in [1.82, 2.24) is 9.62 Å². The molecule has 1 amide bonds. The van der Waals surface area contributed by atoms with E-state index >= 15 is 4.39 Å². The normalized spacial score (nSPS) is 20.2. The highest BCUT2D eigenvalue weighted by Crippen LogP contribution is 2.31. The van der Waals surface area contributed by atoms with Gasteiger partial charge >= 0.3 is 0 Å². The van der Waals surface area contributed by atoms with Gasteiger partial charge in [-0.25, -0.2) is 12.8 Å². The van der Waals surface area contributed by atoms with E-state index in [-0.39, 0.29) is 29.6 Å². The molecule has 1 unspecified atom stereocenters. The summed E-state index contributed by atoms with van der Waals surface area (Å²) in [4.78, 5) is 16.8. The summed E-state index contributed by atoms with van der Waals surface area (Å²) in [5.41, 5.74) is 1.05. The van der Waals surface area contributed by atoms with E-state index < -0.39 is 27.8 Å². The third kappa shape index (κ3) is 5.00. The minimum absolute atomic E-state index is 0.0609. The summed E-state index contributed by atoms with van der Waals surface area (Å²) in [7, 11) is -3.95. The van der Waals surface area contributed by atoms with Gasteiger partial charge in [-0.1, -0.05) is 36.2 Å². The number of rotatable bonds is 6. The second-order valence-electron chi connectivity index (χ2n) is 9.59. The summed E-state index contributed by atoms with van der Waals surface area (Å²) >= 11 is 6.01. The Morgan fingerprint density at radius 3 is 2.44 bits per heavy atom. The van der Waals surface area contributed by atoms with E-state index in [0.29, 0.717) is 5.02 Å². The largest absolute Gasteiger partial charge is 0.308 e. The number of likely N-dealkylation sites (tertiary alicyclic amines) is 1. The lowest BCUT2D eigenvalue weighted by atomic mass is 10.0. The van der Waals surface area contributed by atoms with Crippen LogP contribution in [0.5, 0.6) is 0 Å². The summed E-state index contributed by atoms with van der Waals surface area (Å²) in [5, 5.41) is 2.11. The number of amides is 1. The Hall–Kier alpha value is -2.52. The lowest BCUT2D eigenvalue weighted by Gasteiger charge is -2.32. The van der Waals surface area contributed by atoms with Gasteiger partial charge in [0, 0.05) is 17.6 Å². The molecule has 0 spiro atoms. The SMILES string of the molecule is CC(c1ccc(N2CC[C@H](NS(=O)(=O)c3ccc4cc(Cl)ccc4c3)C2=O)c(F)c1)N1CCCCC1.